The van der Waals surface area contributed by atoms with Crippen molar-refractivity contribution in [3.05, 3.63) is 12.2 Å². The predicted octanol–water partition coefficient (Wildman–Crippen LogP) is 3.69. The normalized spacial score (nSPS) is 30.4. The van der Waals surface area contributed by atoms with Gasteiger partial charge in [-0.25, -0.2) is 0 Å². The molecule has 9 nitrogen and oxygen atoms in total. The number of alkyl halides is 3. The Morgan fingerprint density at radius 2 is 1.81 bits per heavy atom. The maximum Gasteiger partial charge on any atom is 0.622 e. The highest BCUT2D eigenvalue weighted by atomic mass is 35.6. The summed E-state index contributed by atoms with van der Waals surface area (Å²) in [5.41, 5.74) is 0.241. The molecule has 0 aromatic rings. The lowest BCUT2D eigenvalue weighted by Crippen LogP contribution is -2.63. The Morgan fingerprint density at radius 3 is 2.25 bits per heavy atom. The number of fused-ring (bicyclic) bond motifs is 2. The molecule has 1 saturated heterocycles. The summed E-state index contributed by atoms with van der Waals surface area (Å²) in [6.45, 7) is 7.52. The fraction of sp³-hybridized carbons (Fsp3) is 0.818. The number of carbonyl (C=O) groups excluding carboxylic acids is 2. The van der Waals surface area contributed by atoms with Gasteiger partial charge in [0.2, 0.25) is 3.79 Å². The van der Waals surface area contributed by atoms with Crippen LogP contribution in [0.15, 0.2) is 12.2 Å². The van der Waals surface area contributed by atoms with Gasteiger partial charge in [0.05, 0.1) is 19.6 Å². The first-order chi connectivity index (χ1) is 16.5. The van der Waals surface area contributed by atoms with Crippen LogP contribution in [-0.4, -0.2) is 76.6 Å². The van der Waals surface area contributed by atoms with Crippen molar-refractivity contribution in [3.8, 4) is 0 Å². The van der Waals surface area contributed by atoms with Gasteiger partial charge in [-0.15, -0.1) is 0 Å². The van der Waals surface area contributed by atoms with Crippen molar-refractivity contribution in [2.45, 2.75) is 69.2 Å². The van der Waals surface area contributed by atoms with Crippen LogP contribution in [0.4, 0.5) is 0 Å². The molecule has 4 rings (SSSR count). The molecule has 4 aliphatic rings. The first-order valence-corrected chi connectivity index (χ1v) is 14.7. The quantitative estimate of drug-likeness (QED) is 0.198. The highest BCUT2D eigenvalue weighted by Crippen LogP contribution is 2.62. The molecule has 4 fully saturated rings. The first kappa shape index (κ1) is 30.0. The van der Waals surface area contributed by atoms with Crippen LogP contribution < -0.4 is 0 Å². The molecule has 1 aliphatic heterocycles. The number of allylic oxidation sites excluding steroid dienone is 1. The minimum absolute atomic E-state index is 0.0253. The third-order valence-corrected chi connectivity index (χ3v) is 9.30. The summed E-state index contributed by atoms with van der Waals surface area (Å²) in [6.07, 6.45) is 6.27. The SMILES string of the molecule is CCC/C=C/C(B1OC(=O)CN([C@@H]2C[C@@H]3C[C@H]([C@H]2C)C3(C)C)CC(=O)O1)N(CC(Cl)(Cl)Cl)S(=O)(=O)O. The molecule has 3 aliphatic carbocycles. The van der Waals surface area contributed by atoms with Crippen LogP contribution in [0.2, 0.25) is 0 Å². The number of rotatable bonds is 8. The smallest absolute Gasteiger partial charge is 0.497 e. The van der Waals surface area contributed by atoms with Crippen LogP contribution >= 0.6 is 34.8 Å². The molecule has 0 spiro atoms. The van der Waals surface area contributed by atoms with E-state index in [1.165, 1.54) is 6.08 Å². The van der Waals surface area contributed by atoms with Crippen molar-refractivity contribution in [3.63, 3.8) is 0 Å². The Kier molecular flexibility index (Phi) is 9.40. The summed E-state index contributed by atoms with van der Waals surface area (Å²) in [6, 6.07) is 0.0253. The van der Waals surface area contributed by atoms with Gasteiger partial charge in [-0.05, 0) is 42.4 Å². The Labute approximate surface area is 228 Å². The van der Waals surface area contributed by atoms with Crippen molar-refractivity contribution in [2.75, 3.05) is 19.6 Å². The van der Waals surface area contributed by atoms with Crippen LogP contribution in [-0.2, 0) is 29.2 Å². The topological polar surface area (TPSA) is 113 Å². The lowest BCUT2D eigenvalue weighted by atomic mass is 9.44. The van der Waals surface area contributed by atoms with Crippen molar-refractivity contribution in [2.24, 2.45) is 23.2 Å². The predicted molar refractivity (Wildman–Crippen MR) is 139 cm³/mol. The van der Waals surface area contributed by atoms with E-state index in [2.05, 4.69) is 20.8 Å². The Morgan fingerprint density at radius 1 is 1.22 bits per heavy atom. The molecule has 5 atom stereocenters. The van der Waals surface area contributed by atoms with E-state index in [0.29, 0.717) is 22.6 Å². The molecule has 0 aromatic heterocycles. The molecule has 0 radical (unpaired) electrons. The molecule has 36 heavy (non-hydrogen) atoms. The summed E-state index contributed by atoms with van der Waals surface area (Å²) >= 11 is 17.4. The number of nitrogens with zero attached hydrogens (tertiary/aromatic N) is 2. The number of hydrogen-bond acceptors (Lipinski definition) is 7. The van der Waals surface area contributed by atoms with Gasteiger partial charge in [-0.1, -0.05) is 81.1 Å². The molecular weight excluding hydrogens is 553 g/mol. The van der Waals surface area contributed by atoms with Gasteiger partial charge in [0.15, 0.2) is 0 Å². The number of hydrogen-bond donors (Lipinski definition) is 1. The van der Waals surface area contributed by atoms with Crippen molar-refractivity contribution >= 4 is 64.2 Å². The van der Waals surface area contributed by atoms with E-state index in [-0.39, 0.29) is 30.5 Å². The largest absolute Gasteiger partial charge is 0.622 e. The average Bonchev–Trinajstić information content (AvgIpc) is 2.72. The maximum atomic E-state index is 12.9. The molecular formula is C22H34BCl3N2O7S. The second kappa shape index (κ2) is 11.3. The van der Waals surface area contributed by atoms with Crippen molar-refractivity contribution < 1.29 is 31.9 Å². The Hall–Kier alpha value is -0.555. The highest BCUT2D eigenvalue weighted by molar-refractivity contribution is 7.83. The maximum absolute atomic E-state index is 12.9. The molecule has 14 heteroatoms. The second-order valence-electron chi connectivity index (χ2n) is 10.6. The van der Waals surface area contributed by atoms with Crippen molar-refractivity contribution in [1.82, 2.24) is 9.21 Å². The zero-order valence-electron chi connectivity index (χ0n) is 20.9. The van der Waals surface area contributed by atoms with Gasteiger partial charge >= 0.3 is 29.4 Å². The van der Waals surface area contributed by atoms with Gasteiger partial charge in [0, 0.05) is 6.04 Å². The fourth-order valence-corrected chi connectivity index (χ4v) is 7.40. The Bertz CT molecular complexity index is 955. The summed E-state index contributed by atoms with van der Waals surface area (Å²) in [5, 5.41) is 0. The first-order valence-electron chi connectivity index (χ1n) is 12.1. The van der Waals surface area contributed by atoms with Gasteiger partial charge in [0.25, 0.3) is 0 Å². The van der Waals surface area contributed by atoms with Gasteiger partial charge in [0.1, 0.15) is 5.94 Å². The van der Waals surface area contributed by atoms with E-state index in [0.717, 1.165) is 19.3 Å². The summed E-state index contributed by atoms with van der Waals surface area (Å²) in [7, 11) is -6.63. The van der Waals surface area contributed by atoms with E-state index in [9.17, 15) is 22.6 Å². The third-order valence-electron chi connectivity index (χ3n) is 7.97. The third kappa shape index (κ3) is 6.90. The fourth-order valence-electron chi connectivity index (χ4n) is 5.97. The van der Waals surface area contributed by atoms with E-state index in [1.54, 1.807) is 11.0 Å². The van der Waals surface area contributed by atoms with Crippen LogP contribution in [0.5, 0.6) is 0 Å². The summed E-state index contributed by atoms with van der Waals surface area (Å²) in [5.74, 6) is -1.50. The molecule has 1 N–H and O–H groups in total. The van der Waals surface area contributed by atoms with Crippen LogP contribution in [0, 0.1) is 23.2 Å². The Balaban J connectivity index is 1.83. The van der Waals surface area contributed by atoms with Crippen LogP contribution in [0.25, 0.3) is 0 Å². The molecule has 2 bridgehead atoms. The molecule has 3 saturated carbocycles. The number of unbranched alkanes of at least 4 members (excludes halogenated alkanes) is 1. The second-order valence-corrected chi connectivity index (χ2v) is 14.5. The summed E-state index contributed by atoms with van der Waals surface area (Å²) in [4.78, 5) is 27.7. The van der Waals surface area contributed by atoms with Gasteiger partial charge in [-0.3, -0.25) is 19.0 Å². The zero-order chi connectivity index (χ0) is 27.1. The molecule has 1 unspecified atom stereocenters. The molecule has 0 aromatic carbocycles. The molecule has 204 valence electrons. The van der Waals surface area contributed by atoms with E-state index < -0.39 is 45.6 Å². The minimum Gasteiger partial charge on any atom is -0.497 e. The number of carbonyl (C=O) groups is 2. The lowest BCUT2D eigenvalue weighted by Gasteiger charge is -2.63. The van der Waals surface area contributed by atoms with E-state index in [1.807, 2.05) is 6.92 Å². The van der Waals surface area contributed by atoms with Gasteiger partial charge in [-0.2, -0.15) is 12.7 Å². The minimum atomic E-state index is -4.95. The average molecular weight is 588 g/mol. The number of halogens is 3. The van der Waals surface area contributed by atoms with E-state index >= 15 is 0 Å². The van der Waals surface area contributed by atoms with Crippen molar-refractivity contribution in [1.29, 1.82) is 0 Å². The van der Waals surface area contributed by atoms with Gasteiger partial charge < -0.3 is 9.31 Å². The lowest BCUT2D eigenvalue weighted by molar-refractivity contribution is -0.160. The molecule has 1 heterocycles. The monoisotopic (exact) mass is 586 g/mol. The zero-order valence-corrected chi connectivity index (χ0v) is 24.0. The molecule has 0 amide bonds. The van der Waals surface area contributed by atoms with Crippen LogP contribution in [0.3, 0.4) is 0 Å². The van der Waals surface area contributed by atoms with Crippen LogP contribution in [0.1, 0.15) is 53.4 Å². The standard InChI is InChI=1S/C22H34BCl3N2O7S/c1-5-6-7-8-18(28(36(31,32)33)13-22(24,25)26)23-34-19(29)11-27(12-20(30)35-23)17-10-15-9-16(14(17)2)21(15,3)4/h7-8,14-18H,5-6,9-13H2,1-4H3,(H,31,32,33)/b8-7+/t14-,15+,16-,17-,18?/m1/s1. The summed E-state index contributed by atoms with van der Waals surface area (Å²) < 4.78 is 43.5. The highest BCUT2D eigenvalue weighted by Gasteiger charge is 2.58. The van der Waals surface area contributed by atoms with E-state index in [4.69, 9.17) is 44.1 Å².